The van der Waals surface area contributed by atoms with Gasteiger partial charge in [0.25, 0.3) is 0 Å². The zero-order valence-electron chi connectivity index (χ0n) is 6.25. The summed E-state index contributed by atoms with van der Waals surface area (Å²) in [7, 11) is 1.63. The summed E-state index contributed by atoms with van der Waals surface area (Å²) in [5, 5.41) is 0.826. The predicted molar refractivity (Wildman–Crippen MR) is 48.0 cm³/mol. The van der Waals surface area contributed by atoms with Crippen LogP contribution in [0.2, 0.25) is 0 Å². The Morgan fingerprint density at radius 1 is 1.64 bits per heavy atom. The lowest BCUT2D eigenvalue weighted by molar-refractivity contribution is 0.412. The van der Waals surface area contributed by atoms with Gasteiger partial charge in [-0.1, -0.05) is 15.9 Å². The molecule has 0 atom stereocenters. The molecule has 1 radical (unpaired) electrons. The average Bonchev–Trinajstić information content (AvgIpc) is 2.07. The monoisotopic (exact) mass is 214 g/mol. The molecule has 59 valence electrons. The van der Waals surface area contributed by atoms with E-state index in [1.807, 2.05) is 18.6 Å². The van der Waals surface area contributed by atoms with Gasteiger partial charge in [0.2, 0.25) is 0 Å². The molecule has 0 amide bonds. The molecule has 0 unspecified atom stereocenters. The third-order valence-corrected chi connectivity index (χ3v) is 1.60. The Hall–Kier alpha value is -0.570. The quantitative estimate of drug-likeness (QED) is 0.719. The first-order chi connectivity index (χ1) is 5.36. The van der Waals surface area contributed by atoms with Gasteiger partial charge in [-0.3, -0.25) is 4.98 Å². The Bertz CT molecular complexity index is 210. The van der Waals surface area contributed by atoms with Gasteiger partial charge in [-0.25, -0.2) is 0 Å². The second-order valence-corrected chi connectivity index (χ2v) is 2.63. The summed E-state index contributed by atoms with van der Waals surface area (Å²) in [6.07, 6.45) is 3.69. The molecule has 2 nitrogen and oxygen atoms in total. The molecule has 0 saturated heterocycles. The summed E-state index contributed by atoms with van der Waals surface area (Å²) >= 11 is 3.29. The molecule has 1 rings (SSSR count). The van der Waals surface area contributed by atoms with Gasteiger partial charge in [-0.2, -0.15) is 0 Å². The molecule has 0 spiro atoms. The number of methoxy groups -OCH3 is 1. The van der Waals surface area contributed by atoms with Gasteiger partial charge in [-0.05, 0) is 12.1 Å². The van der Waals surface area contributed by atoms with Gasteiger partial charge in [0, 0.05) is 17.4 Å². The fraction of sp³-hybridized carbons (Fsp3) is 0.250. The van der Waals surface area contributed by atoms with Crippen LogP contribution in [0.4, 0.5) is 0 Å². The highest BCUT2D eigenvalue weighted by molar-refractivity contribution is 9.09. The van der Waals surface area contributed by atoms with Crippen molar-refractivity contribution in [2.24, 2.45) is 0 Å². The maximum absolute atomic E-state index is 4.96. The van der Waals surface area contributed by atoms with Crippen LogP contribution >= 0.6 is 15.9 Å². The summed E-state index contributed by atoms with van der Waals surface area (Å²) in [5.41, 5.74) is 0.961. The van der Waals surface area contributed by atoms with Crippen LogP contribution in [0.1, 0.15) is 5.69 Å². The van der Waals surface area contributed by atoms with Crippen LogP contribution < -0.4 is 4.74 Å². The Kier molecular flexibility index (Phi) is 3.36. The van der Waals surface area contributed by atoms with Gasteiger partial charge in [0.15, 0.2) is 0 Å². The van der Waals surface area contributed by atoms with Crippen molar-refractivity contribution in [1.29, 1.82) is 0 Å². The molecular formula is C8H9BrNO. The van der Waals surface area contributed by atoms with Crippen LogP contribution in [0.5, 0.6) is 5.75 Å². The lowest BCUT2D eigenvalue weighted by Crippen LogP contribution is -1.89. The molecule has 11 heavy (non-hydrogen) atoms. The zero-order chi connectivity index (χ0) is 8.10. The topological polar surface area (TPSA) is 22.1 Å². The summed E-state index contributed by atoms with van der Waals surface area (Å²) in [4.78, 5) is 4.13. The second-order valence-electron chi connectivity index (χ2n) is 1.98. The number of nitrogens with zero attached hydrogens (tertiary/aromatic N) is 1. The molecule has 0 saturated carbocycles. The van der Waals surface area contributed by atoms with Gasteiger partial charge < -0.3 is 4.74 Å². The van der Waals surface area contributed by atoms with Crippen LogP contribution in [0, 0.1) is 6.42 Å². The van der Waals surface area contributed by atoms with Crippen LogP contribution in [0.3, 0.4) is 0 Å². The number of rotatable bonds is 3. The molecule has 1 heterocycles. The summed E-state index contributed by atoms with van der Waals surface area (Å²) < 4.78 is 4.96. The van der Waals surface area contributed by atoms with E-state index in [0.29, 0.717) is 0 Å². The lowest BCUT2D eigenvalue weighted by Gasteiger charge is -1.99. The maximum atomic E-state index is 4.96. The molecule has 0 aliphatic rings. The Morgan fingerprint density at radius 3 is 2.91 bits per heavy atom. The number of alkyl halides is 1. The van der Waals surface area contributed by atoms with E-state index in [1.165, 1.54) is 0 Å². The summed E-state index contributed by atoms with van der Waals surface area (Å²) in [5.74, 6) is 0.789. The van der Waals surface area contributed by atoms with Gasteiger partial charge in [0.1, 0.15) is 5.75 Å². The first-order valence-electron chi connectivity index (χ1n) is 3.26. The third kappa shape index (κ3) is 2.50. The Balaban J connectivity index is 2.66. The molecule has 1 aromatic heterocycles. The van der Waals surface area contributed by atoms with Crippen LogP contribution in [-0.2, 0) is 0 Å². The normalized spacial score (nSPS) is 9.64. The van der Waals surface area contributed by atoms with E-state index in [0.717, 1.165) is 16.8 Å². The molecule has 0 aliphatic carbocycles. The standard InChI is InChI=1S/C8H9BrNO/c1-11-8-3-2-7(4-5-9)10-6-8/h2-4,6H,5H2,1H3. The van der Waals surface area contributed by atoms with Crippen molar-refractivity contribution in [1.82, 2.24) is 4.98 Å². The minimum atomic E-state index is 0.789. The zero-order valence-corrected chi connectivity index (χ0v) is 7.84. The van der Waals surface area contributed by atoms with E-state index in [4.69, 9.17) is 4.74 Å². The SMILES string of the molecule is COc1ccc([CH]CBr)nc1. The van der Waals surface area contributed by atoms with Crippen molar-refractivity contribution in [2.45, 2.75) is 0 Å². The van der Waals surface area contributed by atoms with Crippen LogP contribution in [-0.4, -0.2) is 17.4 Å². The van der Waals surface area contributed by atoms with E-state index in [1.54, 1.807) is 13.3 Å². The largest absolute Gasteiger partial charge is 0.495 e. The summed E-state index contributed by atoms with van der Waals surface area (Å²) in [6, 6.07) is 3.81. The summed E-state index contributed by atoms with van der Waals surface area (Å²) in [6.45, 7) is 0. The van der Waals surface area contributed by atoms with E-state index in [9.17, 15) is 0 Å². The van der Waals surface area contributed by atoms with E-state index in [2.05, 4.69) is 20.9 Å². The first-order valence-corrected chi connectivity index (χ1v) is 4.38. The number of aromatic nitrogens is 1. The van der Waals surface area contributed by atoms with E-state index in [-0.39, 0.29) is 0 Å². The Labute approximate surface area is 74.7 Å². The number of hydrogen-bond acceptors (Lipinski definition) is 2. The maximum Gasteiger partial charge on any atom is 0.137 e. The van der Waals surface area contributed by atoms with Crippen LogP contribution in [0.25, 0.3) is 0 Å². The highest BCUT2D eigenvalue weighted by Crippen LogP contribution is 2.09. The molecule has 0 aromatic carbocycles. The fourth-order valence-electron chi connectivity index (χ4n) is 0.712. The van der Waals surface area contributed by atoms with E-state index < -0.39 is 0 Å². The van der Waals surface area contributed by atoms with Gasteiger partial charge in [-0.15, -0.1) is 0 Å². The third-order valence-electron chi connectivity index (χ3n) is 1.28. The van der Waals surface area contributed by atoms with Gasteiger partial charge >= 0.3 is 0 Å². The molecule has 3 heteroatoms. The lowest BCUT2D eigenvalue weighted by atomic mass is 10.3. The molecule has 0 N–H and O–H groups in total. The fourth-order valence-corrected chi connectivity index (χ4v) is 1.04. The van der Waals surface area contributed by atoms with Crippen molar-refractivity contribution in [3.8, 4) is 5.75 Å². The van der Waals surface area contributed by atoms with Crippen molar-refractivity contribution in [2.75, 3.05) is 12.4 Å². The average molecular weight is 215 g/mol. The smallest absolute Gasteiger partial charge is 0.137 e. The predicted octanol–water partition coefficient (Wildman–Crippen LogP) is 2.04. The number of hydrogen-bond donors (Lipinski definition) is 0. The minimum Gasteiger partial charge on any atom is -0.495 e. The second kappa shape index (κ2) is 4.34. The molecular weight excluding hydrogens is 206 g/mol. The van der Waals surface area contributed by atoms with Crippen molar-refractivity contribution >= 4 is 15.9 Å². The molecule has 1 aromatic rings. The highest BCUT2D eigenvalue weighted by atomic mass is 79.9. The Morgan fingerprint density at radius 2 is 2.45 bits per heavy atom. The molecule has 0 bridgehead atoms. The van der Waals surface area contributed by atoms with E-state index >= 15 is 0 Å². The first kappa shape index (κ1) is 8.53. The minimum absolute atomic E-state index is 0.789. The molecule has 0 aliphatic heterocycles. The van der Waals surface area contributed by atoms with Crippen molar-refractivity contribution < 1.29 is 4.74 Å². The highest BCUT2D eigenvalue weighted by Gasteiger charge is 1.93. The molecule has 0 fully saturated rings. The number of pyridine rings is 1. The van der Waals surface area contributed by atoms with Gasteiger partial charge in [0.05, 0.1) is 13.3 Å². The van der Waals surface area contributed by atoms with Crippen LogP contribution in [0.15, 0.2) is 18.3 Å². The van der Waals surface area contributed by atoms with Crippen molar-refractivity contribution in [3.63, 3.8) is 0 Å². The number of halogens is 1. The number of ether oxygens (including phenoxy) is 1. The van der Waals surface area contributed by atoms with Crippen molar-refractivity contribution in [3.05, 3.63) is 30.4 Å².